The number of esters is 1. The molecule has 6 nitrogen and oxygen atoms in total. The number of ether oxygens (including phenoxy) is 1. The molecule has 1 aliphatic rings. The first-order chi connectivity index (χ1) is 12.0. The van der Waals surface area contributed by atoms with E-state index >= 15 is 0 Å². The summed E-state index contributed by atoms with van der Waals surface area (Å²) in [5.41, 5.74) is 3.95. The van der Waals surface area contributed by atoms with Crippen molar-refractivity contribution in [2.45, 2.75) is 0 Å². The highest BCUT2D eigenvalue weighted by molar-refractivity contribution is 6.33. The van der Waals surface area contributed by atoms with Gasteiger partial charge in [-0.25, -0.2) is 9.80 Å². The maximum absolute atomic E-state index is 12.5. The first-order valence-corrected chi connectivity index (χ1v) is 7.68. The number of anilines is 1. The predicted octanol–water partition coefficient (Wildman–Crippen LogP) is 2.59. The summed E-state index contributed by atoms with van der Waals surface area (Å²) < 4.78 is 4.63. The lowest BCUT2D eigenvalue weighted by atomic mass is 10.1. The standard InChI is InChI=1S/C18H13ClN2O4/c1-25-18(24)12-7-5-11(6-8-12)9-15-16(22)20-21(17(15)23)14-4-2-3-13(19)10-14/h2-10H,1H3,(H,20,22)/b15-9+. The van der Waals surface area contributed by atoms with Crippen LogP contribution in [0.3, 0.4) is 0 Å². The van der Waals surface area contributed by atoms with Crippen molar-refractivity contribution in [1.82, 2.24) is 5.43 Å². The summed E-state index contributed by atoms with van der Waals surface area (Å²) in [7, 11) is 1.30. The van der Waals surface area contributed by atoms with Crippen LogP contribution in [0.5, 0.6) is 0 Å². The quantitative estimate of drug-likeness (QED) is 0.521. The Morgan fingerprint density at radius 2 is 1.88 bits per heavy atom. The first-order valence-electron chi connectivity index (χ1n) is 7.30. The van der Waals surface area contributed by atoms with Gasteiger partial charge in [0.1, 0.15) is 5.57 Å². The molecule has 0 bridgehead atoms. The van der Waals surface area contributed by atoms with E-state index in [1.54, 1.807) is 48.5 Å². The minimum Gasteiger partial charge on any atom is -0.465 e. The van der Waals surface area contributed by atoms with E-state index in [0.717, 1.165) is 5.01 Å². The van der Waals surface area contributed by atoms with Crippen LogP contribution in [0, 0.1) is 0 Å². The second kappa shape index (κ2) is 6.78. The van der Waals surface area contributed by atoms with E-state index in [0.29, 0.717) is 21.8 Å². The highest BCUT2D eigenvalue weighted by Crippen LogP contribution is 2.24. The third-order valence-electron chi connectivity index (χ3n) is 3.60. The third kappa shape index (κ3) is 3.39. The molecule has 1 heterocycles. The van der Waals surface area contributed by atoms with Gasteiger partial charge in [0.25, 0.3) is 11.8 Å². The van der Waals surface area contributed by atoms with Crippen LogP contribution >= 0.6 is 11.6 Å². The van der Waals surface area contributed by atoms with Crippen LogP contribution in [0.15, 0.2) is 54.1 Å². The Balaban J connectivity index is 1.87. The second-order valence-corrected chi connectivity index (χ2v) is 5.67. The SMILES string of the molecule is COC(=O)c1ccc(/C=C2\C(=O)NN(c3cccc(Cl)c3)C2=O)cc1. The van der Waals surface area contributed by atoms with Gasteiger partial charge >= 0.3 is 5.97 Å². The number of nitrogens with one attached hydrogen (secondary N) is 1. The zero-order chi connectivity index (χ0) is 18.0. The molecule has 0 radical (unpaired) electrons. The Morgan fingerprint density at radius 1 is 1.16 bits per heavy atom. The summed E-state index contributed by atoms with van der Waals surface area (Å²) in [6.07, 6.45) is 1.46. The molecular weight excluding hydrogens is 344 g/mol. The minimum atomic E-state index is -0.512. The van der Waals surface area contributed by atoms with Gasteiger partial charge in [0.15, 0.2) is 0 Å². The van der Waals surface area contributed by atoms with E-state index in [2.05, 4.69) is 10.2 Å². The second-order valence-electron chi connectivity index (χ2n) is 5.23. The van der Waals surface area contributed by atoms with Crippen molar-refractivity contribution < 1.29 is 19.1 Å². The number of rotatable bonds is 3. The number of carbonyl (C=O) groups excluding carboxylic acids is 3. The summed E-state index contributed by atoms with van der Waals surface area (Å²) >= 11 is 5.92. The van der Waals surface area contributed by atoms with Gasteiger partial charge in [-0.05, 0) is 42.0 Å². The maximum atomic E-state index is 12.5. The van der Waals surface area contributed by atoms with Crippen LogP contribution in [0.1, 0.15) is 15.9 Å². The first kappa shape index (κ1) is 16.7. The number of carbonyl (C=O) groups is 3. The Labute approximate surface area is 148 Å². The number of methoxy groups -OCH3 is 1. The van der Waals surface area contributed by atoms with Crippen LogP contribution in [0.2, 0.25) is 5.02 Å². The molecule has 2 amide bonds. The van der Waals surface area contributed by atoms with E-state index in [1.807, 2.05) is 0 Å². The summed E-state index contributed by atoms with van der Waals surface area (Å²) in [6.45, 7) is 0. The Kier molecular flexibility index (Phi) is 4.54. The fraction of sp³-hybridized carbons (Fsp3) is 0.0556. The lowest BCUT2D eigenvalue weighted by molar-refractivity contribution is -0.117. The van der Waals surface area contributed by atoms with Gasteiger partial charge in [-0.2, -0.15) is 0 Å². The fourth-order valence-corrected chi connectivity index (χ4v) is 2.54. The Bertz CT molecular complexity index is 890. The lowest BCUT2D eigenvalue weighted by Crippen LogP contribution is -2.35. The molecule has 2 aromatic carbocycles. The zero-order valence-electron chi connectivity index (χ0n) is 13.2. The maximum Gasteiger partial charge on any atom is 0.337 e. The monoisotopic (exact) mass is 356 g/mol. The van der Waals surface area contributed by atoms with E-state index in [4.69, 9.17) is 11.6 Å². The molecule has 1 N–H and O–H groups in total. The van der Waals surface area contributed by atoms with Crippen LogP contribution in [0.4, 0.5) is 5.69 Å². The molecular formula is C18H13ClN2O4. The number of amides is 2. The molecule has 0 unspecified atom stereocenters. The molecule has 1 fully saturated rings. The van der Waals surface area contributed by atoms with E-state index in [9.17, 15) is 14.4 Å². The molecule has 0 aliphatic carbocycles. The normalized spacial score (nSPS) is 15.4. The molecule has 0 spiro atoms. The minimum absolute atomic E-state index is 0.00852. The van der Waals surface area contributed by atoms with Crippen LogP contribution in [-0.4, -0.2) is 24.9 Å². The molecule has 126 valence electrons. The zero-order valence-corrected chi connectivity index (χ0v) is 13.9. The van der Waals surface area contributed by atoms with Crippen LogP contribution < -0.4 is 10.4 Å². The molecule has 3 rings (SSSR count). The van der Waals surface area contributed by atoms with Crippen LogP contribution in [0.25, 0.3) is 6.08 Å². The summed E-state index contributed by atoms with van der Waals surface area (Å²) in [5.74, 6) is -1.45. The topological polar surface area (TPSA) is 75.7 Å². The van der Waals surface area contributed by atoms with Gasteiger partial charge < -0.3 is 4.74 Å². The highest BCUT2D eigenvalue weighted by atomic mass is 35.5. The molecule has 0 aromatic heterocycles. The van der Waals surface area contributed by atoms with Crippen molar-refractivity contribution in [2.24, 2.45) is 0 Å². The van der Waals surface area contributed by atoms with Crippen molar-refractivity contribution in [3.8, 4) is 0 Å². The smallest absolute Gasteiger partial charge is 0.337 e. The fourth-order valence-electron chi connectivity index (χ4n) is 2.35. The lowest BCUT2D eigenvalue weighted by Gasteiger charge is -2.14. The van der Waals surface area contributed by atoms with Gasteiger partial charge in [-0.15, -0.1) is 0 Å². The van der Waals surface area contributed by atoms with Gasteiger partial charge in [-0.3, -0.25) is 15.0 Å². The van der Waals surface area contributed by atoms with Crippen molar-refractivity contribution in [3.63, 3.8) is 0 Å². The molecule has 1 saturated heterocycles. The van der Waals surface area contributed by atoms with Gasteiger partial charge in [0.05, 0.1) is 18.4 Å². The summed E-state index contributed by atoms with van der Waals surface area (Å²) in [4.78, 5) is 36.1. The molecule has 0 saturated carbocycles. The third-order valence-corrected chi connectivity index (χ3v) is 3.84. The van der Waals surface area contributed by atoms with E-state index in [-0.39, 0.29) is 5.57 Å². The Morgan fingerprint density at radius 3 is 2.52 bits per heavy atom. The number of hydrogen-bond donors (Lipinski definition) is 1. The largest absolute Gasteiger partial charge is 0.465 e. The number of nitrogens with zero attached hydrogens (tertiary/aromatic N) is 1. The number of hydrogen-bond acceptors (Lipinski definition) is 4. The molecule has 2 aromatic rings. The van der Waals surface area contributed by atoms with Gasteiger partial charge in [-0.1, -0.05) is 29.8 Å². The average Bonchev–Trinajstić information content (AvgIpc) is 2.90. The summed E-state index contributed by atoms with van der Waals surface area (Å²) in [5, 5.41) is 1.60. The van der Waals surface area contributed by atoms with Crippen molar-refractivity contribution in [1.29, 1.82) is 0 Å². The highest BCUT2D eigenvalue weighted by Gasteiger charge is 2.34. The van der Waals surface area contributed by atoms with Crippen molar-refractivity contribution in [3.05, 3.63) is 70.3 Å². The number of benzene rings is 2. The number of halogens is 1. The van der Waals surface area contributed by atoms with Gasteiger partial charge in [0, 0.05) is 5.02 Å². The van der Waals surface area contributed by atoms with Gasteiger partial charge in [0.2, 0.25) is 0 Å². The van der Waals surface area contributed by atoms with Crippen molar-refractivity contribution >= 4 is 41.1 Å². The molecule has 25 heavy (non-hydrogen) atoms. The Hall–Kier alpha value is -3.12. The number of hydrazine groups is 1. The molecule has 1 aliphatic heterocycles. The predicted molar refractivity (Wildman–Crippen MR) is 92.8 cm³/mol. The van der Waals surface area contributed by atoms with Crippen molar-refractivity contribution in [2.75, 3.05) is 12.1 Å². The molecule has 0 atom stereocenters. The van der Waals surface area contributed by atoms with E-state index < -0.39 is 17.8 Å². The summed E-state index contributed by atoms with van der Waals surface area (Å²) in [6, 6.07) is 13.0. The van der Waals surface area contributed by atoms with Crippen LogP contribution in [-0.2, 0) is 14.3 Å². The molecule has 7 heteroatoms. The van der Waals surface area contributed by atoms with E-state index in [1.165, 1.54) is 13.2 Å². The average molecular weight is 357 g/mol.